The third-order valence-corrected chi connectivity index (χ3v) is 2.92. The van der Waals surface area contributed by atoms with Gasteiger partial charge in [0, 0.05) is 17.2 Å². The van der Waals surface area contributed by atoms with E-state index in [0.717, 1.165) is 16.6 Å². The van der Waals surface area contributed by atoms with Gasteiger partial charge in [0.05, 0.1) is 6.20 Å². The van der Waals surface area contributed by atoms with Crippen molar-refractivity contribution in [1.29, 1.82) is 0 Å². The van der Waals surface area contributed by atoms with Crippen LogP contribution in [0.4, 0.5) is 4.39 Å². The minimum Gasteiger partial charge on any atom is -0.453 e. The Bertz CT molecular complexity index is 563. The lowest BCUT2D eigenvalue weighted by Crippen LogP contribution is -2.11. The number of pyridine rings is 1. The molecule has 1 heterocycles. The van der Waals surface area contributed by atoms with Crippen LogP contribution in [0.15, 0.2) is 41.1 Å². The summed E-state index contributed by atoms with van der Waals surface area (Å²) in [4.78, 5) is 3.96. The maximum absolute atomic E-state index is 13.9. The molecule has 2 rings (SSSR count). The molecule has 0 fully saturated rings. The zero-order valence-electron chi connectivity index (χ0n) is 10.5. The monoisotopic (exact) mass is 324 g/mol. The topological polar surface area (TPSA) is 34.1 Å². The van der Waals surface area contributed by atoms with E-state index in [-0.39, 0.29) is 11.6 Å². The second-order valence-corrected chi connectivity index (χ2v) is 4.90. The van der Waals surface area contributed by atoms with Gasteiger partial charge in [0.15, 0.2) is 11.6 Å². The van der Waals surface area contributed by atoms with Gasteiger partial charge in [-0.1, -0.05) is 13.0 Å². The minimum absolute atomic E-state index is 0.195. The molecule has 2 aromatic rings. The number of benzene rings is 1. The van der Waals surface area contributed by atoms with Crippen molar-refractivity contribution in [3.05, 3.63) is 52.5 Å². The fourth-order valence-electron chi connectivity index (χ4n) is 1.58. The summed E-state index contributed by atoms with van der Waals surface area (Å²) in [5, 5.41) is 3.14. The van der Waals surface area contributed by atoms with Crippen molar-refractivity contribution in [1.82, 2.24) is 10.3 Å². The standard InChI is InChI=1S/C14H14BrFN2O/c1-2-17-7-10-3-4-14(13(16)5-10)19-12-6-11(15)8-18-9-12/h3-6,8-9,17H,2,7H2,1H3. The van der Waals surface area contributed by atoms with E-state index < -0.39 is 0 Å². The SMILES string of the molecule is CCNCc1ccc(Oc2cncc(Br)c2)c(F)c1. The minimum atomic E-state index is -0.379. The van der Waals surface area contributed by atoms with Crippen molar-refractivity contribution >= 4 is 15.9 Å². The third-order valence-electron chi connectivity index (χ3n) is 2.48. The van der Waals surface area contributed by atoms with Crippen molar-refractivity contribution in [2.24, 2.45) is 0 Å². The molecule has 1 aromatic heterocycles. The van der Waals surface area contributed by atoms with Gasteiger partial charge in [-0.3, -0.25) is 4.98 Å². The maximum atomic E-state index is 13.9. The second-order valence-electron chi connectivity index (χ2n) is 3.99. The zero-order chi connectivity index (χ0) is 13.7. The van der Waals surface area contributed by atoms with E-state index >= 15 is 0 Å². The van der Waals surface area contributed by atoms with Gasteiger partial charge >= 0.3 is 0 Å². The van der Waals surface area contributed by atoms with Crippen LogP contribution in [-0.4, -0.2) is 11.5 Å². The molecule has 0 amide bonds. The molecule has 0 bridgehead atoms. The Morgan fingerprint density at radius 1 is 1.32 bits per heavy atom. The number of nitrogens with zero attached hydrogens (tertiary/aromatic N) is 1. The number of ether oxygens (including phenoxy) is 1. The third kappa shape index (κ3) is 4.01. The first-order chi connectivity index (χ1) is 9.19. The van der Waals surface area contributed by atoms with Gasteiger partial charge in [-0.05, 0) is 46.2 Å². The van der Waals surface area contributed by atoms with Crippen LogP contribution in [0.25, 0.3) is 0 Å². The number of halogens is 2. The molecule has 3 nitrogen and oxygen atoms in total. The van der Waals surface area contributed by atoms with Crippen LogP contribution in [0.5, 0.6) is 11.5 Å². The van der Waals surface area contributed by atoms with E-state index in [4.69, 9.17) is 4.74 Å². The summed E-state index contributed by atoms with van der Waals surface area (Å²) in [7, 11) is 0. The normalized spacial score (nSPS) is 10.5. The van der Waals surface area contributed by atoms with Crippen molar-refractivity contribution in [3.63, 3.8) is 0 Å². The molecule has 0 aliphatic carbocycles. The first kappa shape index (κ1) is 14.0. The average Bonchev–Trinajstić information content (AvgIpc) is 2.39. The predicted molar refractivity (Wildman–Crippen MR) is 75.8 cm³/mol. The lowest BCUT2D eigenvalue weighted by Gasteiger charge is -2.08. The fourth-order valence-corrected chi connectivity index (χ4v) is 1.93. The van der Waals surface area contributed by atoms with Gasteiger partial charge in [0.25, 0.3) is 0 Å². The van der Waals surface area contributed by atoms with Crippen molar-refractivity contribution < 1.29 is 9.13 Å². The smallest absolute Gasteiger partial charge is 0.166 e. The number of aromatic nitrogens is 1. The molecule has 100 valence electrons. The maximum Gasteiger partial charge on any atom is 0.166 e. The molecule has 19 heavy (non-hydrogen) atoms. The largest absolute Gasteiger partial charge is 0.453 e. The van der Waals surface area contributed by atoms with Crippen LogP contribution in [0.1, 0.15) is 12.5 Å². The Labute approximate surface area is 119 Å². The van der Waals surface area contributed by atoms with Crippen molar-refractivity contribution in [2.45, 2.75) is 13.5 Å². The highest BCUT2D eigenvalue weighted by Gasteiger charge is 2.06. The molecule has 5 heteroatoms. The van der Waals surface area contributed by atoms with E-state index in [1.54, 1.807) is 18.3 Å². The highest BCUT2D eigenvalue weighted by atomic mass is 79.9. The Morgan fingerprint density at radius 2 is 2.16 bits per heavy atom. The molecule has 0 unspecified atom stereocenters. The molecule has 0 radical (unpaired) electrons. The van der Waals surface area contributed by atoms with Gasteiger partial charge in [-0.15, -0.1) is 0 Å². The van der Waals surface area contributed by atoms with Gasteiger partial charge < -0.3 is 10.1 Å². The van der Waals surface area contributed by atoms with Crippen molar-refractivity contribution in [2.75, 3.05) is 6.54 Å². The number of rotatable bonds is 5. The molecule has 0 atom stereocenters. The molecule has 1 aromatic carbocycles. The van der Waals surface area contributed by atoms with Crippen LogP contribution >= 0.6 is 15.9 Å². The zero-order valence-corrected chi connectivity index (χ0v) is 12.1. The van der Waals surface area contributed by atoms with Gasteiger partial charge in [0.1, 0.15) is 5.75 Å². The summed E-state index contributed by atoms with van der Waals surface area (Å²) < 4.78 is 20.1. The summed E-state index contributed by atoms with van der Waals surface area (Å²) in [6.45, 7) is 3.50. The number of hydrogen-bond donors (Lipinski definition) is 1. The van der Waals surface area contributed by atoms with Crippen LogP contribution in [0, 0.1) is 5.82 Å². The molecule has 0 spiro atoms. The van der Waals surface area contributed by atoms with E-state index in [9.17, 15) is 4.39 Å². The van der Waals surface area contributed by atoms with Gasteiger partial charge in [-0.25, -0.2) is 4.39 Å². The molecule has 0 aliphatic rings. The van der Waals surface area contributed by atoms with E-state index in [0.29, 0.717) is 12.3 Å². The second kappa shape index (κ2) is 6.63. The van der Waals surface area contributed by atoms with E-state index in [2.05, 4.69) is 26.2 Å². The molecule has 0 aliphatic heterocycles. The Kier molecular flexibility index (Phi) is 4.87. The Balaban J connectivity index is 2.13. The first-order valence-electron chi connectivity index (χ1n) is 5.96. The Morgan fingerprint density at radius 3 is 2.84 bits per heavy atom. The fraction of sp³-hybridized carbons (Fsp3) is 0.214. The average molecular weight is 325 g/mol. The van der Waals surface area contributed by atoms with E-state index in [1.807, 2.05) is 13.0 Å². The molecule has 1 N–H and O–H groups in total. The van der Waals surface area contributed by atoms with Crippen molar-refractivity contribution in [3.8, 4) is 11.5 Å². The Hall–Kier alpha value is -1.46. The van der Waals surface area contributed by atoms with Crippen LogP contribution in [0.3, 0.4) is 0 Å². The lowest BCUT2D eigenvalue weighted by atomic mass is 10.2. The summed E-state index contributed by atoms with van der Waals surface area (Å²) >= 11 is 3.29. The molecular weight excluding hydrogens is 311 g/mol. The summed E-state index contributed by atoms with van der Waals surface area (Å²) in [6.07, 6.45) is 3.18. The molecular formula is C14H14BrFN2O. The molecule has 0 saturated heterocycles. The summed E-state index contributed by atoms with van der Waals surface area (Å²) in [6, 6.07) is 6.68. The first-order valence-corrected chi connectivity index (χ1v) is 6.76. The molecule has 0 saturated carbocycles. The highest BCUT2D eigenvalue weighted by molar-refractivity contribution is 9.10. The predicted octanol–water partition coefficient (Wildman–Crippen LogP) is 3.89. The van der Waals surface area contributed by atoms with Gasteiger partial charge in [-0.2, -0.15) is 0 Å². The van der Waals surface area contributed by atoms with Crippen LogP contribution < -0.4 is 10.1 Å². The quantitative estimate of drug-likeness (QED) is 0.906. The van der Waals surface area contributed by atoms with Gasteiger partial charge in [0.2, 0.25) is 0 Å². The summed E-state index contributed by atoms with van der Waals surface area (Å²) in [5.41, 5.74) is 0.888. The van der Waals surface area contributed by atoms with Crippen LogP contribution in [-0.2, 0) is 6.54 Å². The van der Waals surface area contributed by atoms with E-state index in [1.165, 1.54) is 12.3 Å². The highest BCUT2D eigenvalue weighted by Crippen LogP contribution is 2.26. The number of hydrogen-bond acceptors (Lipinski definition) is 3. The number of nitrogens with one attached hydrogen (secondary N) is 1. The van der Waals surface area contributed by atoms with Crippen LogP contribution in [0.2, 0.25) is 0 Å². The lowest BCUT2D eigenvalue weighted by molar-refractivity contribution is 0.439. The summed E-state index contributed by atoms with van der Waals surface area (Å²) in [5.74, 6) is 0.309.